The summed E-state index contributed by atoms with van der Waals surface area (Å²) in [4.78, 5) is 0. The Bertz CT molecular complexity index is 4060. The lowest BCUT2D eigenvalue weighted by atomic mass is 9.80. The average Bonchev–Trinajstić information content (AvgIpc) is 3.97. The van der Waals surface area contributed by atoms with Crippen molar-refractivity contribution in [3.8, 4) is 44.5 Å². The lowest BCUT2D eigenvalue weighted by Gasteiger charge is -2.22. The molecule has 0 saturated carbocycles. The van der Waals surface area contributed by atoms with E-state index in [1.807, 2.05) is 12.1 Å². The van der Waals surface area contributed by atoms with Gasteiger partial charge in [-0.1, -0.05) is 166 Å². The van der Waals surface area contributed by atoms with Crippen LogP contribution < -0.4 is 0 Å². The third-order valence-electron chi connectivity index (χ3n) is 14.2. The van der Waals surface area contributed by atoms with Crippen LogP contribution in [0.5, 0.6) is 0 Å². The van der Waals surface area contributed by atoms with Gasteiger partial charge < -0.3 is 8.83 Å². The highest BCUT2D eigenvalue weighted by Crippen LogP contribution is 2.54. The fourth-order valence-corrected chi connectivity index (χ4v) is 11.4. The molecule has 0 N–H and O–H groups in total. The van der Waals surface area contributed by atoms with Crippen molar-refractivity contribution in [2.45, 2.75) is 19.3 Å². The monoisotopic (exact) mass is 802 g/mol. The molecule has 0 bridgehead atoms. The standard InChI is InChI=1S/C61H38O2/c1-61(2)51-21-11-9-14-41(51)48-28-30-54-59(60(48)61)58-43-16-4-3-13-40(43)49(34-55(58)63-54)37-25-23-36-32-38(26-24-35(36)31-37)56-44-17-5-7-19-46(44)57(47-20-8-6-18-45(47)56)39-27-29-53-50(33-39)42-15-10-12-22-52(42)62-53/h3-34H,1-2H3. The van der Waals surface area contributed by atoms with Gasteiger partial charge >= 0.3 is 0 Å². The van der Waals surface area contributed by atoms with Gasteiger partial charge in [0, 0.05) is 27.0 Å². The maximum Gasteiger partial charge on any atom is 0.136 e. The molecule has 13 aromatic rings. The smallest absolute Gasteiger partial charge is 0.136 e. The van der Waals surface area contributed by atoms with Gasteiger partial charge in [-0.05, 0) is 141 Å². The van der Waals surface area contributed by atoms with Gasteiger partial charge in [-0.15, -0.1) is 0 Å². The predicted molar refractivity (Wildman–Crippen MR) is 265 cm³/mol. The van der Waals surface area contributed by atoms with Crippen molar-refractivity contribution in [2.75, 3.05) is 0 Å². The van der Waals surface area contributed by atoms with Gasteiger partial charge in [0.15, 0.2) is 0 Å². The molecule has 1 aliphatic rings. The zero-order chi connectivity index (χ0) is 41.6. The maximum absolute atomic E-state index is 6.83. The van der Waals surface area contributed by atoms with Gasteiger partial charge in [0.25, 0.3) is 0 Å². The maximum atomic E-state index is 6.83. The minimum atomic E-state index is -0.148. The number of para-hydroxylation sites is 1. The zero-order valence-corrected chi connectivity index (χ0v) is 34.8. The van der Waals surface area contributed by atoms with E-state index in [1.165, 1.54) is 109 Å². The summed E-state index contributed by atoms with van der Waals surface area (Å²) in [5.41, 5.74) is 16.2. The first-order valence-electron chi connectivity index (χ1n) is 21.9. The normalized spacial score (nSPS) is 13.4. The van der Waals surface area contributed by atoms with Crippen LogP contribution in [0.15, 0.2) is 203 Å². The van der Waals surface area contributed by atoms with E-state index in [0.717, 1.165) is 33.1 Å². The van der Waals surface area contributed by atoms with Crippen LogP contribution in [0.2, 0.25) is 0 Å². The van der Waals surface area contributed by atoms with Crippen molar-refractivity contribution in [3.63, 3.8) is 0 Å². The Balaban J connectivity index is 0.925. The van der Waals surface area contributed by atoms with Gasteiger partial charge in [0.1, 0.15) is 22.3 Å². The van der Waals surface area contributed by atoms with Gasteiger partial charge in [-0.25, -0.2) is 0 Å². The second kappa shape index (κ2) is 12.6. The molecule has 63 heavy (non-hydrogen) atoms. The highest BCUT2D eigenvalue weighted by Gasteiger charge is 2.38. The molecule has 2 nitrogen and oxygen atoms in total. The Morgan fingerprint density at radius 3 is 1.57 bits per heavy atom. The molecule has 294 valence electrons. The first-order valence-corrected chi connectivity index (χ1v) is 21.9. The molecule has 0 atom stereocenters. The van der Waals surface area contributed by atoms with E-state index in [4.69, 9.17) is 8.83 Å². The van der Waals surface area contributed by atoms with Crippen LogP contribution in [-0.4, -0.2) is 0 Å². The first kappa shape index (κ1) is 34.7. The summed E-state index contributed by atoms with van der Waals surface area (Å²) < 4.78 is 13.1. The Kier molecular flexibility index (Phi) is 6.93. The van der Waals surface area contributed by atoms with Gasteiger partial charge in [-0.2, -0.15) is 0 Å². The third-order valence-corrected chi connectivity index (χ3v) is 14.2. The molecule has 14 rings (SSSR count). The van der Waals surface area contributed by atoms with Gasteiger partial charge in [-0.3, -0.25) is 0 Å². The van der Waals surface area contributed by atoms with Crippen molar-refractivity contribution in [1.82, 2.24) is 0 Å². The molecule has 2 heteroatoms. The summed E-state index contributed by atoms with van der Waals surface area (Å²) in [7, 11) is 0. The number of fused-ring (bicyclic) bond motifs is 15. The largest absolute Gasteiger partial charge is 0.456 e. The number of furan rings is 2. The number of benzene rings is 11. The molecule has 0 saturated heterocycles. The van der Waals surface area contributed by atoms with E-state index in [2.05, 4.69) is 196 Å². The van der Waals surface area contributed by atoms with Crippen LogP contribution in [0.4, 0.5) is 0 Å². The van der Waals surface area contributed by atoms with E-state index in [0.29, 0.717) is 0 Å². The molecule has 0 amide bonds. The molecular formula is C61H38O2. The molecule has 0 aliphatic heterocycles. The van der Waals surface area contributed by atoms with Crippen molar-refractivity contribution < 1.29 is 8.83 Å². The molecule has 0 unspecified atom stereocenters. The summed E-state index contributed by atoms with van der Waals surface area (Å²) in [5.74, 6) is 0. The number of rotatable bonds is 3. The summed E-state index contributed by atoms with van der Waals surface area (Å²) in [6, 6.07) is 71.1. The predicted octanol–water partition coefficient (Wildman–Crippen LogP) is 17.4. The van der Waals surface area contributed by atoms with E-state index in [1.54, 1.807) is 0 Å². The molecular weight excluding hydrogens is 765 g/mol. The van der Waals surface area contributed by atoms with Crippen LogP contribution in [0.25, 0.3) is 131 Å². The number of hydrogen-bond acceptors (Lipinski definition) is 2. The lowest BCUT2D eigenvalue weighted by Crippen LogP contribution is -2.15. The highest BCUT2D eigenvalue weighted by atomic mass is 16.3. The molecule has 11 aromatic carbocycles. The zero-order valence-electron chi connectivity index (χ0n) is 34.8. The second-order valence-corrected chi connectivity index (χ2v) is 17.9. The summed E-state index contributed by atoms with van der Waals surface area (Å²) in [5, 5.41) is 14.5. The van der Waals surface area contributed by atoms with E-state index in [9.17, 15) is 0 Å². The molecule has 0 fully saturated rings. The van der Waals surface area contributed by atoms with Crippen LogP contribution >= 0.6 is 0 Å². The highest BCUT2D eigenvalue weighted by molar-refractivity contribution is 6.25. The van der Waals surface area contributed by atoms with Gasteiger partial charge in [0.05, 0.1) is 0 Å². The fraction of sp³-hybridized carbons (Fsp3) is 0.0492. The van der Waals surface area contributed by atoms with E-state index in [-0.39, 0.29) is 5.41 Å². The Labute approximate surface area is 363 Å². The quantitative estimate of drug-likeness (QED) is 0.166. The lowest BCUT2D eigenvalue weighted by molar-refractivity contribution is 0.657. The topological polar surface area (TPSA) is 26.3 Å². The minimum Gasteiger partial charge on any atom is -0.456 e. The SMILES string of the molecule is CC1(C)c2ccccc2-c2ccc3oc4cc(-c5ccc6cc(-c7c8ccccc8c(-c8ccc9oc%10ccccc%10c9c8)c8ccccc78)ccc6c5)c5ccccc5c4c3c21. The Hall–Kier alpha value is -7.94. The molecule has 2 heterocycles. The minimum absolute atomic E-state index is 0.148. The average molecular weight is 803 g/mol. The van der Waals surface area contributed by atoms with Crippen LogP contribution in [0.3, 0.4) is 0 Å². The molecule has 1 aliphatic carbocycles. The van der Waals surface area contributed by atoms with Crippen molar-refractivity contribution >= 4 is 87.0 Å². The fourth-order valence-electron chi connectivity index (χ4n) is 11.4. The van der Waals surface area contributed by atoms with Crippen molar-refractivity contribution in [2.24, 2.45) is 0 Å². The summed E-state index contributed by atoms with van der Waals surface area (Å²) in [6.07, 6.45) is 0. The molecule has 0 spiro atoms. The Morgan fingerprint density at radius 2 is 0.841 bits per heavy atom. The summed E-state index contributed by atoms with van der Waals surface area (Å²) in [6.45, 7) is 4.72. The molecule has 2 aromatic heterocycles. The second-order valence-electron chi connectivity index (χ2n) is 17.9. The third kappa shape index (κ3) is 4.78. The van der Waals surface area contributed by atoms with Crippen LogP contribution in [0, 0.1) is 0 Å². The number of hydrogen-bond donors (Lipinski definition) is 0. The van der Waals surface area contributed by atoms with Crippen LogP contribution in [-0.2, 0) is 5.41 Å². The van der Waals surface area contributed by atoms with E-state index >= 15 is 0 Å². The Morgan fingerprint density at radius 1 is 0.317 bits per heavy atom. The molecule has 0 radical (unpaired) electrons. The van der Waals surface area contributed by atoms with Crippen LogP contribution in [0.1, 0.15) is 25.0 Å². The summed E-state index contributed by atoms with van der Waals surface area (Å²) >= 11 is 0. The van der Waals surface area contributed by atoms with Gasteiger partial charge in [0.2, 0.25) is 0 Å². The first-order chi connectivity index (χ1) is 31.0. The van der Waals surface area contributed by atoms with Crippen molar-refractivity contribution in [1.29, 1.82) is 0 Å². The van der Waals surface area contributed by atoms with Crippen molar-refractivity contribution in [3.05, 3.63) is 205 Å². The van der Waals surface area contributed by atoms with E-state index < -0.39 is 0 Å².